The number of pyridine rings is 1. The molecule has 1 unspecified atom stereocenters. The Labute approximate surface area is 207 Å². The summed E-state index contributed by atoms with van der Waals surface area (Å²) in [6.45, 7) is 6.75. The maximum Gasteiger partial charge on any atom is 0.213 e. The Bertz CT molecular complexity index is 777. The Morgan fingerprint density at radius 3 is 2.77 bits per heavy atom. The minimum Gasteiger partial charge on any atom is -0.475 e. The number of benzene rings is 1. The quantitative estimate of drug-likeness (QED) is 0.155. The summed E-state index contributed by atoms with van der Waals surface area (Å²) in [5.74, 6) is 3.44. The molecule has 0 aliphatic carbocycles. The SMILES string of the molecule is CCNC(=NCc1ccc(OCCOC)nc1)N1CCC(CSc2ccccc2)C1.I. The van der Waals surface area contributed by atoms with Crippen LogP contribution in [0.5, 0.6) is 5.88 Å². The van der Waals surface area contributed by atoms with E-state index in [1.54, 1.807) is 7.11 Å². The number of hydrogen-bond acceptors (Lipinski definition) is 5. The van der Waals surface area contributed by atoms with Crippen LogP contribution in [0.4, 0.5) is 0 Å². The number of hydrogen-bond donors (Lipinski definition) is 1. The van der Waals surface area contributed by atoms with Crippen molar-refractivity contribution >= 4 is 41.7 Å². The summed E-state index contributed by atoms with van der Waals surface area (Å²) in [6, 6.07) is 14.6. The van der Waals surface area contributed by atoms with Gasteiger partial charge < -0.3 is 19.7 Å². The lowest BCUT2D eigenvalue weighted by Crippen LogP contribution is -2.40. The van der Waals surface area contributed by atoms with E-state index in [1.807, 2.05) is 30.1 Å². The topological polar surface area (TPSA) is 59.0 Å². The number of likely N-dealkylation sites (tertiary alicyclic amines) is 1. The molecule has 8 heteroatoms. The first-order valence-corrected chi connectivity index (χ1v) is 11.5. The first-order valence-electron chi connectivity index (χ1n) is 10.6. The Morgan fingerprint density at radius 1 is 1.23 bits per heavy atom. The first kappa shape index (κ1) is 25.7. The fourth-order valence-corrected chi connectivity index (χ4v) is 4.35. The van der Waals surface area contributed by atoms with Crippen molar-refractivity contribution in [2.45, 2.75) is 24.8 Å². The highest BCUT2D eigenvalue weighted by Gasteiger charge is 2.24. The number of ether oxygens (including phenoxy) is 2. The maximum absolute atomic E-state index is 5.52. The van der Waals surface area contributed by atoms with E-state index in [-0.39, 0.29) is 24.0 Å². The molecule has 1 N–H and O–H groups in total. The summed E-state index contributed by atoms with van der Waals surface area (Å²) >= 11 is 1.95. The van der Waals surface area contributed by atoms with Gasteiger partial charge in [0.05, 0.1) is 13.2 Å². The van der Waals surface area contributed by atoms with E-state index in [0.717, 1.165) is 36.9 Å². The van der Waals surface area contributed by atoms with E-state index in [2.05, 4.69) is 52.5 Å². The molecule has 170 valence electrons. The second-order valence-electron chi connectivity index (χ2n) is 7.24. The number of rotatable bonds is 10. The van der Waals surface area contributed by atoms with E-state index >= 15 is 0 Å². The van der Waals surface area contributed by atoms with Crippen molar-refractivity contribution < 1.29 is 9.47 Å². The lowest BCUT2D eigenvalue weighted by atomic mass is 10.2. The number of nitrogens with zero attached hydrogens (tertiary/aromatic N) is 3. The molecule has 1 aliphatic heterocycles. The minimum absolute atomic E-state index is 0. The fourth-order valence-electron chi connectivity index (χ4n) is 3.30. The first-order chi connectivity index (χ1) is 14.8. The minimum atomic E-state index is 0. The second kappa shape index (κ2) is 14.5. The summed E-state index contributed by atoms with van der Waals surface area (Å²) in [4.78, 5) is 12.9. The lowest BCUT2D eigenvalue weighted by Gasteiger charge is -2.21. The van der Waals surface area contributed by atoms with Crippen molar-refractivity contribution in [3.05, 3.63) is 54.2 Å². The van der Waals surface area contributed by atoms with Gasteiger partial charge in [-0.15, -0.1) is 35.7 Å². The van der Waals surface area contributed by atoms with E-state index < -0.39 is 0 Å². The number of guanidine groups is 1. The maximum atomic E-state index is 5.52. The predicted octanol–water partition coefficient (Wildman–Crippen LogP) is 4.30. The number of aromatic nitrogens is 1. The third kappa shape index (κ3) is 8.86. The monoisotopic (exact) mass is 556 g/mol. The highest BCUT2D eigenvalue weighted by atomic mass is 127. The van der Waals surface area contributed by atoms with Gasteiger partial charge in [0.15, 0.2) is 5.96 Å². The van der Waals surface area contributed by atoms with Gasteiger partial charge in [-0.25, -0.2) is 9.98 Å². The molecule has 0 spiro atoms. The highest BCUT2D eigenvalue weighted by Crippen LogP contribution is 2.26. The standard InChI is InChI=1S/C23H32N4O2S.HI/c1-3-24-23(26-16-19-9-10-22(25-15-19)29-14-13-28-2)27-12-11-20(17-27)18-30-21-7-5-4-6-8-21;/h4-10,15,20H,3,11-14,16-18H2,1-2H3,(H,24,26);1H. The molecule has 2 aromatic rings. The van der Waals surface area contributed by atoms with Crippen LogP contribution in [0.2, 0.25) is 0 Å². The van der Waals surface area contributed by atoms with Gasteiger partial charge in [0.2, 0.25) is 5.88 Å². The number of thioether (sulfide) groups is 1. The van der Waals surface area contributed by atoms with Gasteiger partial charge in [-0.1, -0.05) is 24.3 Å². The van der Waals surface area contributed by atoms with Crippen LogP contribution in [-0.4, -0.2) is 61.6 Å². The van der Waals surface area contributed by atoms with Gasteiger partial charge in [-0.05, 0) is 37.0 Å². The highest BCUT2D eigenvalue weighted by molar-refractivity contribution is 14.0. The molecule has 3 rings (SSSR count). The zero-order chi connectivity index (χ0) is 21.0. The summed E-state index contributed by atoms with van der Waals surface area (Å²) in [5, 5.41) is 3.45. The summed E-state index contributed by atoms with van der Waals surface area (Å²) in [7, 11) is 1.66. The average molecular weight is 557 g/mol. The van der Waals surface area contributed by atoms with E-state index in [0.29, 0.717) is 31.6 Å². The normalized spacial score (nSPS) is 16.1. The predicted molar refractivity (Wildman–Crippen MR) is 139 cm³/mol. The van der Waals surface area contributed by atoms with E-state index in [9.17, 15) is 0 Å². The van der Waals surface area contributed by atoms with Crippen molar-refractivity contribution in [3.63, 3.8) is 0 Å². The van der Waals surface area contributed by atoms with Gasteiger partial charge in [-0.3, -0.25) is 0 Å². The number of nitrogens with one attached hydrogen (secondary N) is 1. The van der Waals surface area contributed by atoms with Gasteiger partial charge in [0, 0.05) is 49.7 Å². The molecule has 1 saturated heterocycles. The van der Waals surface area contributed by atoms with E-state index in [4.69, 9.17) is 14.5 Å². The van der Waals surface area contributed by atoms with Crippen LogP contribution in [0.15, 0.2) is 58.5 Å². The molecule has 1 aromatic heterocycles. The zero-order valence-electron chi connectivity index (χ0n) is 18.3. The van der Waals surface area contributed by atoms with Crippen molar-refractivity contribution in [3.8, 4) is 5.88 Å². The van der Waals surface area contributed by atoms with Crippen molar-refractivity contribution in [1.82, 2.24) is 15.2 Å². The van der Waals surface area contributed by atoms with Gasteiger partial charge >= 0.3 is 0 Å². The molecular weight excluding hydrogens is 523 g/mol. The fraction of sp³-hybridized carbons (Fsp3) is 0.478. The lowest BCUT2D eigenvalue weighted by molar-refractivity contribution is 0.143. The number of aliphatic imine (C=N–C) groups is 1. The average Bonchev–Trinajstić information content (AvgIpc) is 3.26. The Balaban J connectivity index is 0.00000341. The van der Waals surface area contributed by atoms with Crippen LogP contribution in [0.25, 0.3) is 0 Å². The van der Waals surface area contributed by atoms with Crippen LogP contribution >= 0.6 is 35.7 Å². The smallest absolute Gasteiger partial charge is 0.213 e. The summed E-state index contributed by atoms with van der Waals surface area (Å²) < 4.78 is 10.5. The van der Waals surface area contributed by atoms with Crippen molar-refractivity contribution in [2.75, 3.05) is 45.7 Å². The molecular formula is C23H33IN4O2S. The molecule has 1 fully saturated rings. The molecule has 0 bridgehead atoms. The van der Waals surface area contributed by atoms with Gasteiger partial charge in [0.25, 0.3) is 0 Å². The Morgan fingerprint density at radius 2 is 2.06 bits per heavy atom. The second-order valence-corrected chi connectivity index (χ2v) is 8.33. The van der Waals surface area contributed by atoms with Crippen molar-refractivity contribution in [2.24, 2.45) is 10.9 Å². The van der Waals surface area contributed by atoms with Crippen LogP contribution in [0.1, 0.15) is 18.9 Å². The molecule has 2 heterocycles. The molecule has 1 atom stereocenters. The van der Waals surface area contributed by atoms with E-state index in [1.165, 1.54) is 11.3 Å². The molecule has 0 radical (unpaired) electrons. The van der Waals surface area contributed by atoms with Crippen LogP contribution in [-0.2, 0) is 11.3 Å². The number of halogens is 1. The molecule has 1 aliphatic rings. The molecule has 1 aromatic carbocycles. The van der Waals surface area contributed by atoms with Crippen molar-refractivity contribution in [1.29, 1.82) is 0 Å². The Kier molecular flexibility index (Phi) is 12.1. The van der Waals surface area contributed by atoms with Gasteiger partial charge in [0.1, 0.15) is 6.61 Å². The van der Waals surface area contributed by atoms with Crippen LogP contribution in [0.3, 0.4) is 0 Å². The largest absolute Gasteiger partial charge is 0.475 e. The van der Waals surface area contributed by atoms with Crippen LogP contribution in [0, 0.1) is 5.92 Å². The molecule has 0 amide bonds. The Hall–Kier alpha value is -1.52. The summed E-state index contributed by atoms with van der Waals surface area (Å²) in [6.07, 6.45) is 3.04. The van der Waals surface area contributed by atoms with Gasteiger partial charge in [-0.2, -0.15) is 0 Å². The third-order valence-electron chi connectivity index (χ3n) is 4.90. The van der Waals surface area contributed by atoms with Crippen LogP contribution < -0.4 is 10.1 Å². The molecule has 6 nitrogen and oxygen atoms in total. The molecule has 31 heavy (non-hydrogen) atoms. The third-order valence-corrected chi connectivity index (χ3v) is 6.14. The zero-order valence-corrected chi connectivity index (χ0v) is 21.5. The molecule has 0 saturated carbocycles. The number of methoxy groups -OCH3 is 1. The summed E-state index contributed by atoms with van der Waals surface area (Å²) in [5.41, 5.74) is 1.07.